The van der Waals surface area contributed by atoms with Crippen LogP contribution in [0.3, 0.4) is 0 Å². The Morgan fingerprint density at radius 2 is 1.55 bits per heavy atom. The second kappa shape index (κ2) is 12.5. The summed E-state index contributed by atoms with van der Waals surface area (Å²) in [6, 6.07) is 12.4. The smallest absolute Gasteiger partial charge is 0.435 e. The number of anilines is 1. The van der Waals surface area contributed by atoms with Crippen molar-refractivity contribution in [1.82, 2.24) is 15.1 Å². The molecule has 224 valence electrons. The molecular weight excluding hydrogens is 549 g/mol. The van der Waals surface area contributed by atoms with Crippen molar-refractivity contribution in [1.29, 1.82) is 0 Å². The molecule has 0 unspecified atom stereocenters. The van der Waals surface area contributed by atoms with Crippen molar-refractivity contribution in [3.8, 4) is 11.5 Å². The Morgan fingerprint density at radius 1 is 0.952 bits per heavy atom. The van der Waals surface area contributed by atoms with E-state index in [1.165, 1.54) is 23.8 Å². The molecule has 1 N–H and O–H groups in total. The molecule has 0 spiro atoms. The van der Waals surface area contributed by atoms with Gasteiger partial charge in [0, 0.05) is 23.0 Å². The average Bonchev–Trinajstić information content (AvgIpc) is 3.64. The number of benzene rings is 2. The number of halogens is 3. The third kappa shape index (κ3) is 6.24. The number of methoxy groups -OCH3 is 2. The molecule has 0 bridgehead atoms. The maximum absolute atomic E-state index is 14.2. The molecule has 2 aromatic carbocycles. The SMILES string of the molecule is COc1ccc([C@H](C(=O)NC2CCCC2)N(C(=O)Cn2nc(C(F)(F)F)c3c2CCCC3)c2ccc(OC)cc2)cc1. The highest BCUT2D eigenvalue weighted by Crippen LogP contribution is 2.37. The Bertz CT molecular complexity index is 1400. The summed E-state index contributed by atoms with van der Waals surface area (Å²) in [4.78, 5) is 29.6. The van der Waals surface area contributed by atoms with Crippen LogP contribution in [0, 0.1) is 0 Å². The van der Waals surface area contributed by atoms with Gasteiger partial charge in [0.25, 0.3) is 0 Å². The molecule has 0 aliphatic heterocycles. The van der Waals surface area contributed by atoms with Crippen LogP contribution < -0.4 is 19.7 Å². The topological polar surface area (TPSA) is 85.7 Å². The number of carbonyl (C=O) groups excluding carboxylic acids is 2. The number of nitrogens with one attached hydrogen (secondary N) is 1. The summed E-state index contributed by atoms with van der Waals surface area (Å²) in [7, 11) is 3.05. The first-order valence-corrected chi connectivity index (χ1v) is 14.3. The van der Waals surface area contributed by atoms with Crippen LogP contribution >= 0.6 is 0 Å². The number of alkyl halides is 3. The van der Waals surface area contributed by atoms with Crippen molar-refractivity contribution in [3.05, 3.63) is 71.0 Å². The van der Waals surface area contributed by atoms with Gasteiger partial charge in [-0.25, -0.2) is 0 Å². The largest absolute Gasteiger partial charge is 0.497 e. The molecule has 3 aromatic rings. The van der Waals surface area contributed by atoms with E-state index >= 15 is 0 Å². The maximum Gasteiger partial charge on any atom is 0.435 e. The predicted molar refractivity (Wildman–Crippen MR) is 150 cm³/mol. The van der Waals surface area contributed by atoms with Crippen LogP contribution in [-0.2, 0) is 35.2 Å². The molecule has 5 rings (SSSR count). The first kappa shape index (κ1) is 29.5. The van der Waals surface area contributed by atoms with Gasteiger partial charge in [0.2, 0.25) is 11.8 Å². The highest BCUT2D eigenvalue weighted by Gasteiger charge is 2.41. The lowest BCUT2D eigenvalue weighted by Crippen LogP contribution is -2.47. The number of fused-ring (bicyclic) bond motifs is 1. The standard InChI is InChI=1S/C31H35F3N4O4/c1-41-23-15-11-20(12-16-23)28(30(40)35-21-7-3-4-8-21)38(22-13-17-24(42-2)18-14-22)27(39)19-37-26-10-6-5-9-25(26)29(36-37)31(32,33)34/h11-18,21,28H,3-10,19H2,1-2H3,(H,35,40)/t28-/m1/s1. The summed E-state index contributed by atoms with van der Waals surface area (Å²) in [5.74, 6) is 0.208. The summed E-state index contributed by atoms with van der Waals surface area (Å²) in [6.45, 7) is -0.451. The molecule has 1 atom stereocenters. The zero-order valence-corrected chi connectivity index (χ0v) is 23.7. The Kier molecular flexibility index (Phi) is 8.74. The van der Waals surface area contributed by atoms with Gasteiger partial charge < -0.3 is 14.8 Å². The fourth-order valence-corrected chi connectivity index (χ4v) is 5.97. The number of nitrogens with zero attached hydrogens (tertiary/aromatic N) is 3. The lowest BCUT2D eigenvalue weighted by Gasteiger charge is -2.32. The summed E-state index contributed by atoms with van der Waals surface area (Å²) in [6.07, 6.45) is 1.08. The number of ether oxygens (including phenoxy) is 2. The molecule has 1 fully saturated rings. The van der Waals surface area contributed by atoms with Gasteiger partial charge in [-0.1, -0.05) is 25.0 Å². The quantitative estimate of drug-likeness (QED) is 0.352. The van der Waals surface area contributed by atoms with E-state index in [0.717, 1.165) is 25.7 Å². The van der Waals surface area contributed by atoms with Crippen LogP contribution in [0.25, 0.3) is 0 Å². The third-order valence-electron chi connectivity index (χ3n) is 8.07. The van der Waals surface area contributed by atoms with Gasteiger partial charge in [0.05, 0.1) is 14.2 Å². The van der Waals surface area contributed by atoms with Crippen molar-refractivity contribution in [2.75, 3.05) is 19.1 Å². The van der Waals surface area contributed by atoms with E-state index in [4.69, 9.17) is 9.47 Å². The first-order chi connectivity index (χ1) is 20.2. The molecule has 2 amide bonds. The minimum atomic E-state index is -4.63. The van der Waals surface area contributed by atoms with E-state index in [1.807, 2.05) is 0 Å². The fraction of sp³-hybridized carbons (Fsp3) is 0.452. The second-order valence-electron chi connectivity index (χ2n) is 10.8. The van der Waals surface area contributed by atoms with E-state index in [-0.39, 0.29) is 23.9 Å². The van der Waals surface area contributed by atoms with Crippen LogP contribution in [0.15, 0.2) is 48.5 Å². The molecule has 0 saturated heterocycles. The molecule has 2 aliphatic rings. The molecule has 11 heteroatoms. The minimum Gasteiger partial charge on any atom is -0.497 e. The van der Waals surface area contributed by atoms with Crippen LogP contribution in [0.5, 0.6) is 11.5 Å². The van der Waals surface area contributed by atoms with Crippen LogP contribution in [0.4, 0.5) is 18.9 Å². The normalized spacial score (nSPS) is 16.0. The number of carbonyl (C=O) groups is 2. The fourth-order valence-electron chi connectivity index (χ4n) is 5.97. The Balaban J connectivity index is 1.58. The molecule has 8 nitrogen and oxygen atoms in total. The van der Waals surface area contributed by atoms with Gasteiger partial charge in [0.1, 0.15) is 24.1 Å². The van der Waals surface area contributed by atoms with Crippen LogP contribution in [0.2, 0.25) is 0 Å². The summed E-state index contributed by atoms with van der Waals surface area (Å²) in [5, 5.41) is 7.01. The predicted octanol–water partition coefficient (Wildman–Crippen LogP) is 5.63. The Morgan fingerprint density at radius 3 is 2.14 bits per heavy atom. The van der Waals surface area contributed by atoms with E-state index < -0.39 is 30.4 Å². The number of amides is 2. The van der Waals surface area contributed by atoms with Gasteiger partial charge in [0.15, 0.2) is 5.69 Å². The van der Waals surface area contributed by atoms with Crippen LogP contribution in [0.1, 0.15) is 67.1 Å². The van der Waals surface area contributed by atoms with E-state index in [1.54, 1.807) is 48.5 Å². The van der Waals surface area contributed by atoms with Gasteiger partial charge in [-0.15, -0.1) is 0 Å². The molecule has 1 saturated carbocycles. The number of hydrogen-bond acceptors (Lipinski definition) is 5. The van der Waals surface area contributed by atoms with Gasteiger partial charge in [-0.2, -0.15) is 18.3 Å². The lowest BCUT2D eigenvalue weighted by atomic mass is 9.95. The van der Waals surface area contributed by atoms with Gasteiger partial charge in [-0.05, 0) is 80.5 Å². The average molecular weight is 585 g/mol. The zero-order chi connectivity index (χ0) is 29.9. The lowest BCUT2D eigenvalue weighted by molar-refractivity contribution is -0.142. The highest BCUT2D eigenvalue weighted by atomic mass is 19.4. The molecule has 42 heavy (non-hydrogen) atoms. The van der Waals surface area contributed by atoms with Crippen molar-refractivity contribution in [3.63, 3.8) is 0 Å². The van der Waals surface area contributed by atoms with Crippen molar-refractivity contribution in [2.24, 2.45) is 0 Å². The molecule has 1 heterocycles. The molecule has 0 radical (unpaired) electrons. The summed E-state index contributed by atoms with van der Waals surface area (Å²) < 4.78 is 53.4. The molecular formula is C31H35F3N4O4. The van der Waals surface area contributed by atoms with Crippen molar-refractivity contribution >= 4 is 17.5 Å². The van der Waals surface area contributed by atoms with Crippen molar-refractivity contribution in [2.45, 2.75) is 76.2 Å². The van der Waals surface area contributed by atoms with Gasteiger partial charge >= 0.3 is 6.18 Å². The minimum absolute atomic E-state index is 0.0152. The first-order valence-electron chi connectivity index (χ1n) is 14.3. The zero-order valence-electron chi connectivity index (χ0n) is 23.7. The highest BCUT2D eigenvalue weighted by molar-refractivity contribution is 6.01. The summed E-state index contributed by atoms with van der Waals surface area (Å²) in [5.41, 5.74) is 0.581. The number of aromatic nitrogens is 2. The number of rotatable bonds is 9. The van der Waals surface area contributed by atoms with E-state index in [2.05, 4.69) is 10.4 Å². The van der Waals surface area contributed by atoms with Crippen LogP contribution in [-0.4, -0.2) is 41.9 Å². The van der Waals surface area contributed by atoms with Crippen molar-refractivity contribution < 1.29 is 32.2 Å². The van der Waals surface area contributed by atoms with E-state index in [0.29, 0.717) is 47.7 Å². The van der Waals surface area contributed by atoms with Gasteiger partial charge in [-0.3, -0.25) is 19.2 Å². The Hall–Kier alpha value is -4.02. The Labute approximate surface area is 242 Å². The monoisotopic (exact) mass is 584 g/mol. The van der Waals surface area contributed by atoms with E-state index in [9.17, 15) is 22.8 Å². The maximum atomic E-state index is 14.2. The number of hydrogen-bond donors (Lipinski definition) is 1. The molecule has 1 aromatic heterocycles. The summed E-state index contributed by atoms with van der Waals surface area (Å²) >= 11 is 0. The molecule has 2 aliphatic carbocycles. The second-order valence-corrected chi connectivity index (χ2v) is 10.8. The third-order valence-corrected chi connectivity index (χ3v) is 8.07.